The van der Waals surface area contributed by atoms with E-state index in [-0.39, 0.29) is 5.97 Å². The largest absolute Gasteiger partial charge is 0.465 e. The first kappa shape index (κ1) is 13.5. The molecular formula is C12H23NO3. The van der Waals surface area contributed by atoms with E-state index < -0.39 is 0 Å². The van der Waals surface area contributed by atoms with Crippen molar-refractivity contribution < 1.29 is 14.3 Å². The van der Waals surface area contributed by atoms with Crippen molar-refractivity contribution in [2.75, 3.05) is 33.4 Å². The van der Waals surface area contributed by atoms with Gasteiger partial charge in [0, 0.05) is 19.3 Å². The van der Waals surface area contributed by atoms with E-state index in [1.807, 2.05) is 7.05 Å². The minimum Gasteiger partial charge on any atom is -0.465 e. The zero-order valence-corrected chi connectivity index (χ0v) is 10.4. The Bertz CT molecular complexity index is 202. The van der Waals surface area contributed by atoms with E-state index in [1.54, 1.807) is 0 Å². The first-order valence-electron chi connectivity index (χ1n) is 6.17. The molecule has 0 spiro atoms. The van der Waals surface area contributed by atoms with Gasteiger partial charge in [0.05, 0.1) is 13.2 Å². The molecule has 0 aromatic rings. The molecule has 0 N–H and O–H groups in total. The molecule has 0 aromatic carbocycles. The molecule has 16 heavy (non-hydrogen) atoms. The molecule has 1 rings (SSSR count). The average Bonchev–Trinajstić information content (AvgIpc) is 2.30. The summed E-state index contributed by atoms with van der Waals surface area (Å²) in [6.07, 6.45) is 4.04. The van der Waals surface area contributed by atoms with Crippen LogP contribution in [-0.2, 0) is 14.3 Å². The number of likely N-dealkylation sites (N-methyl/N-ethyl adjacent to an activating group) is 1. The maximum Gasteiger partial charge on any atom is 0.320 e. The number of rotatable bonds is 6. The van der Waals surface area contributed by atoms with Gasteiger partial charge in [-0.3, -0.25) is 9.69 Å². The van der Waals surface area contributed by atoms with Gasteiger partial charge in [0.2, 0.25) is 0 Å². The van der Waals surface area contributed by atoms with Gasteiger partial charge in [-0.15, -0.1) is 0 Å². The molecule has 4 heteroatoms. The summed E-state index contributed by atoms with van der Waals surface area (Å²) in [5, 5.41) is 0. The molecule has 0 aliphatic carbocycles. The second kappa shape index (κ2) is 7.63. The van der Waals surface area contributed by atoms with Crippen molar-refractivity contribution in [1.29, 1.82) is 0 Å². The predicted octanol–water partition coefficient (Wildman–Crippen LogP) is 1.44. The first-order valence-corrected chi connectivity index (χ1v) is 6.17. The fourth-order valence-corrected chi connectivity index (χ4v) is 1.83. The van der Waals surface area contributed by atoms with Crippen LogP contribution in [0.5, 0.6) is 0 Å². The molecule has 0 amide bonds. The number of nitrogens with zero attached hydrogens (tertiary/aromatic N) is 1. The molecule has 1 heterocycles. The lowest BCUT2D eigenvalue weighted by molar-refractivity contribution is -0.145. The summed E-state index contributed by atoms with van der Waals surface area (Å²) in [4.78, 5) is 13.6. The minimum absolute atomic E-state index is 0.109. The average molecular weight is 229 g/mol. The van der Waals surface area contributed by atoms with Gasteiger partial charge >= 0.3 is 5.97 Å². The van der Waals surface area contributed by atoms with Gasteiger partial charge in [0.1, 0.15) is 0 Å². The van der Waals surface area contributed by atoms with Gasteiger partial charge in [0.25, 0.3) is 0 Å². The molecule has 0 bridgehead atoms. The monoisotopic (exact) mass is 229 g/mol. The Morgan fingerprint density at radius 1 is 1.44 bits per heavy atom. The Labute approximate surface area is 97.9 Å². The molecular weight excluding hydrogens is 206 g/mol. The highest BCUT2D eigenvalue weighted by molar-refractivity contribution is 5.71. The van der Waals surface area contributed by atoms with Gasteiger partial charge in [-0.2, -0.15) is 0 Å². The van der Waals surface area contributed by atoms with Crippen molar-refractivity contribution in [2.24, 2.45) is 0 Å². The van der Waals surface area contributed by atoms with E-state index in [2.05, 4.69) is 11.8 Å². The standard InChI is InChI=1S/C12H23NO3/c1-3-4-7-16-12(14)10-13(2)11-5-8-15-9-6-11/h11H,3-10H2,1-2H3. The molecule has 0 saturated carbocycles. The summed E-state index contributed by atoms with van der Waals surface area (Å²) in [6, 6.07) is 0.465. The van der Waals surface area contributed by atoms with E-state index in [4.69, 9.17) is 9.47 Å². The van der Waals surface area contributed by atoms with E-state index in [0.717, 1.165) is 38.9 Å². The minimum atomic E-state index is -0.109. The normalized spacial score (nSPS) is 17.7. The highest BCUT2D eigenvalue weighted by Crippen LogP contribution is 2.12. The first-order chi connectivity index (χ1) is 7.74. The van der Waals surface area contributed by atoms with Crippen molar-refractivity contribution in [3.8, 4) is 0 Å². The van der Waals surface area contributed by atoms with Crippen LogP contribution in [0.3, 0.4) is 0 Å². The number of ether oxygens (including phenoxy) is 2. The Morgan fingerprint density at radius 3 is 2.75 bits per heavy atom. The Morgan fingerprint density at radius 2 is 2.12 bits per heavy atom. The summed E-state index contributed by atoms with van der Waals surface area (Å²) in [6.45, 7) is 4.65. The molecule has 94 valence electrons. The lowest BCUT2D eigenvalue weighted by Gasteiger charge is -2.30. The zero-order chi connectivity index (χ0) is 11.8. The quantitative estimate of drug-likeness (QED) is 0.510. The Kier molecular flexibility index (Phi) is 6.42. The third-order valence-electron chi connectivity index (χ3n) is 2.95. The predicted molar refractivity (Wildman–Crippen MR) is 62.3 cm³/mol. The van der Waals surface area contributed by atoms with Gasteiger partial charge in [-0.25, -0.2) is 0 Å². The third kappa shape index (κ3) is 4.94. The van der Waals surface area contributed by atoms with Gasteiger partial charge in [-0.1, -0.05) is 13.3 Å². The summed E-state index contributed by atoms with van der Waals surface area (Å²) >= 11 is 0. The number of hydrogen-bond donors (Lipinski definition) is 0. The third-order valence-corrected chi connectivity index (χ3v) is 2.95. The second-order valence-electron chi connectivity index (χ2n) is 4.33. The van der Waals surface area contributed by atoms with Crippen molar-refractivity contribution in [3.63, 3.8) is 0 Å². The lowest BCUT2D eigenvalue weighted by atomic mass is 10.1. The molecule has 0 unspecified atom stereocenters. The Hall–Kier alpha value is -0.610. The molecule has 4 nitrogen and oxygen atoms in total. The molecule has 0 radical (unpaired) electrons. The van der Waals surface area contributed by atoms with E-state index in [9.17, 15) is 4.79 Å². The molecule has 1 saturated heterocycles. The summed E-state index contributed by atoms with van der Waals surface area (Å²) < 4.78 is 10.4. The van der Waals surface area contributed by atoms with Gasteiger partial charge in [0.15, 0.2) is 0 Å². The molecule has 1 aliphatic rings. The van der Waals surface area contributed by atoms with Crippen LogP contribution in [0.1, 0.15) is 32.6 Å². The van der Waals surface area contributed by atoms with Crippen LogP contribution in [0, 0.1) is 0 Å². The second-order valence-corrected chi connectivity index (χ2v) is 4.33. The number of carbonyl (C=O) groups excluding carboxylic acids is 1. The van der Waals surface area contributed by atoms with Crippen LogP contribution in [-0.4, -0.2) is 50.3 Å². The maximum atomic E-state index is 11.5. The lowest BCUT2D eigenvalue weighted by Crippen LogP contribution is -2.40. The van der Waals surface area contributed by atoms with Crippen LogP contribution in [0.15, 0.2) is 0 Å². The summed E-state index contributed by atoms with van der Waals surface area (Å²) in [5.41, 5.74) is 0. The molecule has 0 aromatic heterocycles. The smallest absolute Gasteiger partial charge is 0.320 e. The molecule has 1 fully saturated rings. The number of hydrogen-bond acceptors (Lipinski definition) is 4. The van der Waals surface area contributed by atoms with E-state index in [1.165, 1.54) is 0 Å². The fraction of sp³-hybridized carbons (Fsp3) is 0.917. The summed E-state index contributed by atoms with van der Waals surface area (Å²) in [7, 11) is 1.98. The number of esters is 1. The van der Waals surface area contributed by atoms with Crippen molar-refractivity contribution in [1.82, 2.24) is 4.90 Å². The van der Waals surface area contributed by atoms with Crippen molar-refractivity contribution >= 4 is 5.97 Å². The van der Waals surface area contributed by atoms with E-state index in [0.29, 0.717) is 19.2 Å². The SMILES string of the molecule is CCCCOC(=O)CN(C)C1CCOCC1. The summed E-state index contributed by atoms with van der Waals surface area (Å²) in [5.74, 6) is -0.109. The highest BCUT2D eigenvalue weighted by atomic mass is 16.5. The molecule has 1 aliphatic heterocycles. The van der Waals surface area contributed by atoms with Crippen molar-refractivity contribution in [2.45, 2.75) is 38.6 Å². The van der Waals surface area contributed by atoms with Crippen LogP contribution in [0.2, 0.25) is 0 Å². The van der Waals surface area contributed by atoms with Crippen LogP contribution in [0.25, 0.3) is 0 Å². The highest BCUT2D eigenvalue weighted by Gasteiger charge is 2.20. The van der Waals surface area contributed by atoms with Gasteiger partial charge in [-0.05, 0) is 26.3 Å². The Balaban J connectivity index is 2.16. The van der Waals surface area contributed by atoms with Crippen LogP contribution in [0.4, 0.5) is 0 Å². The zero-order valence-electron chi connectivity index (χ0n) is 10.4. The van der Waals surface area contributed by atoms with Crippen molar-refractivity contribution in [3.05, 3.63) is 0 Å². The van der Waals surface area contributed by atoms with Gasteiger partial charge < -0.3 is 9.47 Å². The fourth-order valence-electron chi connectivity index (χ4n) is 1.83. The molecule has 0 atom stereocenters. The van der Waals surface area contributed by atoms with Crippen LogP contribution >= 0.6 is 0 Å². The number of carbonyl (C=O) groups is 1. The van der Waals surface area contributed by atoms with E-state index >= 15 is 0 Å². The van der Waals surface area contributed by atoms with Crippen LogP contribution < -0.4 is 0 Å². The maximum absolute atomic E-state index is 11.5. The number of unbranched alkanes of at least 4 members (excludes halogenated alkanes) is 1. The topological polar surface area (TPSA) is 38.8 Å².